The Morgan fingerprint density at radius 1 is 0.862 bits per heavy atom. The van der Waals surface area contributed by atoms with Gasteiger partial charge in [-0.15, -0.1) is 0 Å². The third-order valence-electron chi connectivity index (χ3n) is 5.09. The highest BCUT2D eigenvalue weighted by Gasteiger charge is 2.40. The van der Waals surface area contributed by atoms with Crippen molar-refractivity contribution in [1.29, 1.82) is 0 Å². The van der Waals surface area contributed by atoms with Crippen molar-refractivity contribution in [2.24, 2.45) is 4.99 Å². The van der Waals surface area contributed by atoms with Crippen molar-refractivity contribution in [3.05, 3.63) is 98.7 Å². The Labute approximate surface area is 171 Å². The average molecular weight is 398 g/mol. The number of hydrogen-bond acceptors (Lipinski definition) is 6. The van der Waals surface area contributed by atoms with E-state index in [1.165, 1.54) is 17.8 Å². The molecule has 0 atom stereocenters. The lowest BCUT2D eigenvalue weighted by molar-refractivity contribution is -0.108. The topological polar surface area (TPSA) is 66.8 Å². The first-order chi connectivity index (χ1) is 14.1. The van der Waals surface area contributed by atoms with E-state index >= 15 is 0 Å². The zero-order valence-electron chi connectivity index (χ0n) is 15.4. The summed E-state index contributed by atoms with van der Waals surface area (Å²) in [5.41, 5.74) is 3.23. The molecule has 1 aliphatic heterocycles. The number of allylic oxidation sites excluding steroid dienone is 3. The highest BCUT2D eigenvalue weighted by Crippen LogP contribution is 2.45. The van der Waals surface area contributed by atoms with E-state index in [9.17, 15) is 14.4 Å². The third-order valence-corrected chi connectivity index (χ3v) is 6.26. The van der Waals surface area contributed by atoms with Crippen LogP contribution in [0.15, 0.2) is 81.4 Å². The number of benzene rings is 2. The van der Waals surface area contributed by atoms with E-state index < -0.39 is 0 Å². The number of Topliss-reactive ketones (excluding diaryl/α,β-unsaturated/α-hetero) is 2. The van der Waals surface area contributed by atoms with Crippen LogP contribution >= 0.6 is 11.8 Å². The van der Waals surface area contributed by atoms with Crippen LogP contribution in [0.1, 0.15) is 31.8 Å². The smallest absolute Gasteiger partial charge is 0.211 e. The lowest BCUT2D eigenvalue weighted by Gasteiger charge is -2.19. The van der Waals surface area contributed by atoms with E-state index in [4.69, 9.17) is 0 Å². The summed E-state index contributed by atoms with van der Waals surface area (Å²) in [6.07, 6.45) is 4.82. The fourth-order valence-electron chi connectivity index (χ4n) is 3.62. The normalized spacial score (nSPS) is 20.4. The molecule has 0 fully saturated rings. The van der Waals surface area contributed by atoms with E-state index in [2.05, 4.69) is 4.99 Å². The van der Waals surface area contributed by atoms with E-state index in [0.29, 0.717) is 32.5 Å². The van der Waals surface area contributed by atoms with Gasteiger partial charge in [-0.25, -0.2) is 4.99 Å². The third kappa shape index (κ3) is 2.64. The minimum Gasteiger partial charge on any atom is -0.334 e. The predicted octanol–water partition coefficient (Wildman–Crippen LogP) is 3.84. The van der Waals surface area contributed by atoms with Crippen molar-refractivity contribution in [3.8, 4) is 0 Å². The Hall–Kier alpha value is -3.51. The Balaban J connectivity index is 1.53. The summed E-state index contributed by atoms with van der Waals surface area (Å²) < 4.78 is 0. The Kier molecular flexibility index (Phi) is 3.96. The molecule has 0 bridgehead atoms. The molecule has 0 amide bonds. The molecule has 0 saturated carbocycles. The van der Waals surface area contributed by atoms with Gasteiger partial charge in [-0.05, 0) is 11.6 Å². The number of carbonyl (C=O) groups is 3. The van der Waals surface area contributed by atoms with Gasteiger partial charge in [0.15, 0.2) is 0 Å². The fraction of sp³-hybridized carbons (Fsp3) is 0.0435. The maximum Gasteiger partial charge on any atom is 0.211 e. The zero-order chi connectivity index (χ0) is 20.1. The van der Waals surface area contributed by atoms with Crippen molar-refractivity contribution in [2.75, 3.05) is 7.05 Å². The molecule has 0 saturated heterocycles. The first-order valence-corrected chi connectivity index (χ1v) is 9.82. The van der Waals surface area contributed by atoms with Gasteiger partial charge in [0.1, 0.15) is 11.4 Å². The molecule has 0 aromatic heterocycles. The van der Waals surface area contributed by atoms with Gasteiger partial charge in [-0.1, -0.05) is 66.4 Å². The molecule has 5 rings (SSSR count). The van der Waals surface area contributed by atoms with Crippen LogP contribution in [0.4, 0.5) is 0 Å². The lowest BCUT2D eigenvalue weighted by Crippen LogP contribution is -2.25. The predicted molar refractivity (Wildman–Crippen MR) is 113 cm³/mol. The summed E-state index contributed by atoms with van der Waals surface area (Å²) in [5, 5.41) is 0.622. The number of hydrogen-bond donors (Lipinski definition) is 0. The molecule has 29 heavy (non-hydrogen) atoms. The summed E-state index contributed by atoms with van der Waals surface area (Å²) in [6, 6.07) is 14.4. The van der Waals surface area contributed by atoms with Gasteiger partial charge >= 0.3 is 0 Å². The molecule has 2 aliphatic carbocycles. The molecule has 0 spiro atoms. The number of rotatable bonds is 1. The fourth-order valence-corrected chi connectivity index (χ4v) is 4.69. The Bertz CT molecular complexity index is 1250. The highest BCUT2D eigenvalue weighted by molar-refractivity contribution is 8.07. The first-order valence-electron chi connectivity index (χ1n) is 9.00. The van der Waals surface area contributed by atoms with Gasteiger partial charge in [0.25, 0.3) is 0 Å². The van der Waals surface area contributed by atoms with Crippen LogP contribution in [0.25, 0.3) is 6.08 Å². The zero-order valence-corrected chi connectivity index (χ0v) is 16.2. The molecule has 3 aliphatic rings. The summed E-state index contributed by atoms with van der Waals surface area (Å²) in [7, 11) is 1.73. The van der Waals surface area contributed by atoms with Crippen LogP contribution in [0, 0.1) is 0 Å². The van der Waals surface area contributed by atoms with Crippen molar-refractivity contribution in [1.82, 2.24) is 4.90 Å². The number of nitrogens with zero attached hydrogens (tertiary/aromatic N) is 2. The van der Waals surface area contributed by atoms with Crippen molar-refractivity contribution < 1.29 is 14.4 Å². The van der Waals surface area contributed by atoms with Gasteiger partial charge in [0, 0.05) is 23.7 Å². The van der Waals surface area contributed by atoms with E-state index in [1.54, 1.807) is 48.5 Å². The molecular weight excluding hydrogens is 384 g/mol. The second-order valence-corrected chi connectivity index (χ2v) is 7.80. The monoisotopic (exact) mass is 398 g/mol. The second kappa shape index (κ2) is 6.53. The maximum absolute atomic E-state index is 12.9. The number of ketones is 3. The molecule has 6 heteroatoms. The molecule has 1 heterocycles. The summed E-state index contributed by atoms with van der Waals surface area (Å²) in [6.45, 7) is 0. The summed E-state index contributed by atoms with van der Waals surface area (Å²) in [4.78, 5) is 44.7. The van der Waals surface area contributed by atoms with Crippen LogP contribution in [-0.2, 0) is 4.79 Å². The number of fused-ring (bicyclic) bond motifs is 2. The Morgan fingerprint density at radius 3 is 2.28 bits per heavy atom. The highest BCUT2D eigenvalue weighted by atomic mass is 32.2. The summed E-state index contributed by atoms with van der Waals surface area (Å²) in [5.74, 6) is -0.517. The van der Waals surface area contributed by atoms with Crippen molar-refractivity contribution in [2.45, 2.75) is 0 Å². The quantitative estimate of drug-likeness (QED) is 0.730. The van der Waals surface area contributed by atoms with Gasteiger partial charge in [-0.3, -0.25) is 14.4 Å². The molecule has 0 unspecified atom stereocenters. The van der Waals surface area contributed by atoms with Crippen molar-refractivity contribution in [3.63, 3.8) is 0 Å². The van der Waals surface area contributed by atoms with Crippen LogP contribution < -0.4 is 0 Å². The number of likely N-dealkylation sites (N-methyl/N-ethyl adjacent to an activating group) is 1. The molecule has 0 radical (unpaired) electrons. The van der Waals surface area contributed by atoms with E-state index in [1.807, 2.05) is 24.3 Å². The molecule has 2 aromatic rings. The average Bonchev–Trinajstić information content (AvgIpc) is 3.08. The minimum atomic E-state index is -0.178. The summed E-state index contributed by atoms with van der Waals surface area (Å²) >= 11 is 1.21. The largest absolute Gasteiger partial charge is 0.334 e. The standard InChI is InChI=1S/C23H14N2O3S/c1-25-18(12-24-19-14-7-3-2-6-13(14)10-11-17(19)26)29-23-20(25)21(27)15-8-4-5-9-16(15)22(23)28/h2-12H,1H3/b18-12+,24-19?. The van der Waals surface area contributed by atoms with E-state index in [0.717, 1.165) is 11.1 Å². The number of carbonyl (C=O) groups excluding carboxylic acids is 3. The molecule has 140 valence electrons. The van der Waals surface area contributed by atoms with E-state index in [-0.39, 0.29) is 17.3 Å². The SMILES string of the molecule is CN1C2=C(S/C1=C/N=C1C(=O)C=Cc3ccccc31)C(=O)c1ccccc1C2=O. The Morgan fingerprint density at radius 2 is 1.52 bits per heavy atom. The molecular formula is C23H14N2O3S. The molecule has 5 nitrogen and oxygen atoms in total. The molecule has 2 aromatic carbocycles. The van der Waals surface area contributed by atoms with Gasteiger partial charge in [0.05, 0.1) is 16.1 Å². The minimum absolute atomic E-state index is 0.162. The number of thioether (sulfide) groups is 1. The second-order valence-electron chi connectivity index (χ2n) is 6.77. The van der Waals surface area contributed by atoms with Gasteiger partial charge < -0.3 is 4.90 Å². The van der Waals surface area contributed by atoms with Crippen molar-refractivity contribution >= 4 is 40.9 Å². The molecule has 0 N–H and O–H groups in total. The van der Waals surface area contributed by atoms with Gasteiger partial charge in [0.2, 0.25) is 17.3 Å². The number of aliphatic imine (C=N–C) groups is 1. The van der Waals surface area contributed by atoms with Crippen LogP contribution in [0.5, 0.6) is 0 Å². The maximum atomic E-state index is 12.9. The van der Waals surface area contributed by atoms with Crippen LogP contribution in [0.3, 0.4) is 0 Å². The van der Waals surface area contributed by atoms with Crippen LogP contribution in [-0.4, -0.2) is 35.0 Å². The first kappa shape index (κ1) is 17.6. The van der Waals surface area contributed by atoms with Gasteiger partial charge in [-0.2, -0.15) is 0 Å². The lowest BCUT2D eigenvalue weighted by atomic mass is 9.92. The van der Waals surface area contributed by atoms with Crippen LogP contribution in [0.2, 0.25) is 0 Å².